The summed E-state index contributed by atoms with van der Waals surface area (Å²) in [5, 5.41) is 2.97. The molecule has 4 rings (SSSR count). The molecule has 2 aromatic carbocycles. The number of fused-ring (bicyclic) bond motifs is 1. The maximum atomic E-state index is 12.4. The number of aromatic nitrogens is 2. The second-order valence-electron chi connectivity index (χ2n) is 8.05. The van der Waals surface area contributed by atoms with E-state index in [9.17, 15) is 4.79 Å². The van der Waals surface area contributed by atoms with Crippen LogP contribution in [0.25, 0.3) is 22.7 Å². The molecule has 0 aliphatic carbocycles. The molecule has 0 fully saturated rings. The van der Waals surface area contributed by atoms with Crippen LogP contribution in [0.3, 0.4) is 0 Å². The normalized spacial score (nSPS) is 11.6. The van der Waals surface area contributed by atoms with E-state index in [1.165, 1.54) is 5.56 Å². The number of nitrogens with zero attached hydrogens (tertiary/aromatic N) is 2. The van der Waals surface area contributed by atoms with Crippen molar-refractivity contribution in [2.75, 3.05) is 0 Å². The van der Waals surface area contributed by atoms with Gasteiger partial charge in [-0.2, -0.15) is 4.98 Å². The summed E-state index contributed by atoms with van der Waals surface area (Å²) in [6, 6.07) is 19.2. The minimum atomic E-state index is -0.0837. The van der Waals surface area contributed by atoms with Gasteiger partial charge in [0.15, 0.2) is 11.2 Å². The van der Waals surface area contributed by atoms with Crippen LogP contribution < -0.4 is 5.32 Å². The summed E-state index contributed by atoms with van der Waals surface area (Å²) in [5.74, 6) is 0.452. The van der Waals surface area contributed by atoms with Crippen LogP contribution in [0.15, 0.2) is 71.3 Å². The Labute approximate surface area is 169 Å². The van der Waals surface area contributed by atoms with Crippen LogP contribution in [0.2, 0.25) is 0 Å². The highest BCUT2D eigenvalue weighted by atomic mass is 16.3. The molecule has 1 amide bonds. The second-order valence-corrected chi connectivity index (χ2v) is 8.05. The predicted octanol–water partition coefficient (Wildman–Crippen LogP) is 5.12. The van der Waals surface area contributed by atoms with Crippen LogP contribution in [-0.2, 0) is 12.0 Å². The first kappa shape index (κ1) is 18.9. The Hall–Kier alpha value is -3.47. The van der Waals surface area contributed by atoms with Crippen molar-refractivity contribution < 1.29 is 9.21 Å². The zero-order valence-corrected chi connectivity index (χ0v) is 16.8. The van der Waals surface area contributed by atoms with Crippen LogP contribution in [0, 0.1) is 0 Å². The third kappa shape index (κ3) is 4.19. The highest BCUT2D eigenvalue weighted by Gasteiger charge is 2.14. The molecule has 0 spiro atoms. The highest BCUT2D eigenvalue weighted by molar-refractivity contribution is 5.94. The van der Waals surface area contributed by atoms with Gasteiger partial charge in [0.05, 0.1) is 0 Å². The molecule has 0 bridgehead atoms. The summed E-state index contributed by atoms with van der Waals surface area (Å²) in [4.78, 5) is 21.0. The molecule has 0 saturated carbocycles. The van der Waals surface area contributed by atoms with Crippen molar-refractivity contribution in [1.82, 2.24) is 15.3 Å². The van der Waals surface area contributed by atoms with E-state index in [-0.39, 0.29) is 11.3 Å². The van der Waals surface area contributed by atoms with Crippen LogP contribution in [0.4, 0.5) is 0 Å². The quantitative estimate of drug-likeness (QED) is 0.530. The summed E-state index contributed by atoms with van der Waals surface area (Å²) in [5.41, 5.74) is 5.07. The lowest BCUT2D eigenvalue weighted by molar-refractivity contribution is 0.0951. The van der Waals surface area contributed by atoms with E-state index >= 15 is 0 Å². The molecule has 29 heavy (non-hydrogen) atoms. The summed E-state index contributed by atoms with van der Waals surface area (Å²) in [6.07, 6.45) is 1.69. The average molecular weight is 385 g/mol. The van der Waals surface area contributed by atoms with Gasteiger partial charge in [-0.3, -0.25) is 4.79 Å². The standard InChI is InChI=1S/C24H23N3O2/c1-24(2,3)19-12-10-17(11-13-19)22(28)26-15-16-6-8-18(9-7-16)23-27-21-20(29-23)5-4-14-25-21/h4-14H,15H2,1-3H3,(H,26,28). The number of nitrogens with one attached hydrogen (secondary N) is 1. The Bertz CT molecular complexity index is 1100. The van der Waals surface area contributed by atoms with Crippen molar-refractivity contribution in [3.63, 3.8) is 0 Å². The molecule has 0 saturated heterocycles. The third-order valence-corrected chi connectivity index (χ3v) is 4.83. The topological polar surface area (TPSA) is 68.0 Å². The van der Waals surface area contributed by atoms with Crippen molar-refractivity contribution in [1.29, 1.82) is 0 Å². The molecule has 5 heteroatoms. The van der Waals surface area contributed by atoms with E-state index in [1.807, 2.05) is 60.7 Å². The van der Waals surface area contributed by atoms with E-state index < -0.39 is 0 Å². The molecular weight excluding hydrogens is 362 g/mol. The number of benzene rings is 2. The summed E-state index contributed by atoms with van der Waals surface area (Å²) in [6.45, 7) is 6.92. The van der Waals surface area contributed by atoms with Crippen LogP contribution in [-0.4, -0.2) is 15.9 Å². The lowest BCUT2D eigenvalue weighted by Gasteiger charge is -2.19. The molecular formula is C24H23N3O2. The zero-order chi connectivity index (χ0) is 20.4. The Morgan fingerprint density at radius 2 is 1.72 bits per heavy atom. The molecule has 0 unspecified atom stereocenters. The van der Waals surface area contributed by atoms with E-state index in [2.05, 4.69) is 36.1 Å². The van der Waals surface area contributed by atoms with E-state index in [0.29, 0.717) is 29.2 Å². The summed E-state index contributed by atoms with van der Waals surface area (Å²) >= 11 is 0. The molecule has 0 atom stereocenters. The zero-order valence-electron chi connectivity index (χ0n) is 16.8. The Morgan fingerprint density at radius 1 is 1.00 bits per heavy atom. The van der Waals surface area contributed by atoms with Crippen molar-refractivity contribution in [3.8, 4) is 11.5 Å². The Kier molecular flexibility index (Phi) is 4.89. The molecule has 0 radical (unpaired) electrons. The predicted molar refractivity (Wildman–Crippen MR) is 114 cm³/mol. The van der Waals surface area contributed by atoms with Gasteiger partial charge in [-0.1, -0.05) is 45.0 Å². The number of amides is 1. The summed E-state index contributed by atoms with van der Waals surface area (Å²) in [7, 11) is 0. The van der Waals surface area contributed by atoms with Gasteiger partial charge < -0.3 is 9.73 Å². The number of carbonyl (C=O) groups excluding carboxylic acids is 1. The summed E-state index contributed by atoms with van der Waals surface area (Å²) < 4.78 is 5.74. The molecule has 146 valence electrons. The van der Waals surface area contributed by atoms with Crippen LogP contribution >= 0.6 is 0 Å². The van der Waals surface area contributed by atoms with Gasteiger partial charge in [-0.15, -0.1) is 0 Å². The number of hydrogen-bond acceptors (Lipinski definition) is 4. The van der Waals surface area contributed by atoms with Crippen molar-refractivity contribution in [2.45, 2.75) is 32.7 Å². The van der Waals surface area contributed by atoms with Crippen LogP contribution in [0.5, 0.6) is 0 Å². The Morgan fingerprint density at radius 3 is 2.38 bits per heavy atom. The fraction of sp³-hybridized carbons (Fsp3) is 0.208. The fourth-order valence-corrected chi connectivity index (χ4v) is 3.06. The van der Waals surface area contributed by atoms with Gasteiger partial charge in [0, 0.05) is 23.9 Å². The maximum absolute atomic E-state index is 12.4. The van der Waals surface area contributed by atoms with E-state index in [1.54, 1.807) is 6.20 Å². The SMILES string of the molecule is CC(C)(C)c1ccc(C(=O)NCc2ccc(-c3nc4ncccc4o3)cc2)cc1. The number of rotatable bonds is 4. The lowest BCUT2D eigenvalue weighted by Crippen LogP contribution is -2.23. The minimum Gasteiger partial charge on any atom is -0.434 e. The maximum Gasteiger partial charge on any atom is 0.251 e. The molecule has 5 nitrogen and oxygen atoms in total. The lowest BCUT2D eigenvalue weighted by atomic mass is 9.87. The smallest absolute Gasteiger partial charge is 0.251 e. The second kappa shape index (κ2) is 7.51. The highest BCUT2D eigenvalue weighted by Crippen LogP contribution is 2.24. The number of hydrogen-bond donors (Lipinski definition) is 1. The van der Waals surface area contributed by atoms with Crippen molar-refractivity contribution >= 4 is 17.1 Å². The van der Waals surface area contributed by atoms with E-state index in [4.69, 9.17) is 4.42 Å². The first-order chi connectivity index (χ1) is 13.9. The average Bonchev–Trinajstić information content (AvgIpc) is 3.16. The van der Waals surface area contributed by atoms with Crippen molar-refractivity contribution in [3.05, 3.63) is 83.6 Å². The first-order valence-electron chi connectivity index (χ1n) is 9.60. The molecule has 1 N–H and O–H groups in total. The van der Waals surface area contributed by atoms with E-state index in [0.717, 1.165) is 11.1 Å². The first-order valence-corrected chi connectivity index (χ1v) is 9.60. The number of pyridine rings is 1. The van der Waals surface area contributed by atoms with Gasteiger partial charge in [0.25, 0.3) is 5.91 Å². The molecule has 4 aromatic rings. The monoisotopic (exact) mass is 385 g/mol. The number of carbonyl (C=O) groups is 1. The van der Waals surface area contributed by atoms with Gasteiger partial charge in [-0.05, 0) is 52.9 Å². The largest absolute Gasteiger partial charge is 0.434 e. The third-order valence-electron chi connectivity index (χ3n) is 4.83. The molecule has 0 aliphatic rings. The Balaban J connectivity index is 1.40. The number of oxazole rings is 1. The van der Waals surface area contributed by atoms with Gasteiger partial charge in [-0.25, -0.2) is 4.98 Å². The molecule has 2 heterocycles. The van der Waals surface area contributed by atoms with Crippen LogP contribution in [0.1, 0.15) is 42.3 Å². The van der Waals surface area contributed by atoms with Gasteiger partial charge in [0.1, 0.15) is 0 Å². The molecule has 2 aromatic heterocycles. The van der Waals surface area contributed by atoms with Crippen molar-refractivity contribution in [2.24, 2.45) is 0 Å². The fourth-order valence-electron chi connectivity index (χ4n) is 3.06. The molecule has 0 aliphatic heterocycles. The van der Waals surface area contributed by atoms with Gasteiger partial charge >= 0.3 is 0 Å². The van der Waals surface area contributed by atoms with Gasteiger partial charge in [0.2, 0.25) is 5.89 Å². The minimum absolute atomic E-state index is 0.0709.